The van der Waals surface area contributed by atoms with Crippen molar-refractivity contribution in [3.63, 3.8) is 0 Å². The maximum atomic E-state index is 6.01. The standard InChI is InChI=1S/C16H18ClNO/c1-10-8-14(17)9-11(2)16(10)19-15-6-4-13(5-7-15)12(3)18/h4-9,12H,18H2,1-3H3. The summed E-state index contributed by atoms with van der Waals surface area (Å²) >= 11 is 6.01. The fraction of sp³-hybridized carbons (Fsp3) is 0.250. The molecule has 0 saturated heterocycles. The summed E-state index contributed by atoms with van der Waals surface area (Å²) in [4.78, 5) is 0. The molecule has 2 aromatic rings. The van der Waals surface area contributed by atoms with Crippen LogP contribution in [0.4, 0.5) is 0 Å². The molecule has 1 unspecified atom stereocenters. The van der Waals surface area contributed by atoms with Gasteiger partial charge in [-0.3, -0.25) is 0 Å². The van der Waals surface area contributed by atoms with Gasteiger partial charge < -0.3 is 10.5 Å². The highest BCUT2D eigenvalue weighted by molar-refractivity contribution is 6.30. The molecule has 2 aromatic carbocycles. The third-order valence-corrected chi connectivity index (χ3v) is 3.27. The van der Waals surface area contributed by atoms with Crippen LogP contribution in [-0.2, 0) is 0 Å². The third-order valence-electron chi connectivity index (χ3n) is 3.05. The van der Waals surface area contributed by atoms with E-state index in [1.807, 2.05) is 57.2 Å². The Hall–Kier alpha value is -1.51. The van der Waals surface area contributed by atoms with Crippen molar-refractivity contribution in [3.05, 3.63) is 58.1 Å². The van der Waals surface area contributed by atoms with E-state index in [0.29, 0.717) is 0 Å². The molecule has 2 N–H and O–H groups in total. The topological polar surface area (TPSA) is 35.2 Å². The van der Waals surface area contributed by atoms with Crippen LogP contribution in [0.15, 0.2) is 36.4 Å². The van der Waals surface area contributed by atoms with Crippen molar-refractivity contribution >= 4 is 11.6 Å². The molecule has 2 nitrogen and oxygen atoms in total. The number of benzene rings is 2. The van der Waals surface area contributed by atoms with Crippen molar-refractivity contribution in [2.75, 3.05) is 0 Å². The summed E-state index contributed by atoms with van der Waals surface area (Å²) in [6, 6.07) is 11.7. The molecule has 0 aromatic heterocycles. The minimum absolute atomic E-state index is 0.0352. The Bertz CT molecular complexity index is 553. The molecule has 0 aliphatic rings. The molecule has 0 heterocycles. The van der Waals surface area contributed by atoms with Gasteiger partial charge in [0.2, 0.25) is 0 Å². The number of hydrogen-bond donors (Lipinski definition) is 1. The summed E-state index contributed by atoms with van der Waals surface area (Å²) in [5, 5.41) is 0.731. The molecule has 2 rings (SSSR count). The van der Waals surface area contributed by atoms with Crippen molar-refractivity contribution in [2.24, 2.45) is 5.73 Å². The van der Waals surface area contributed by atoms with Crippen LogP contribution in [0.1, 0.15) is 29.7 Å². The molecular weight excluding hydrogens is 258 g/mol. The van der Waals surface area contributed by atoms with Crippen LogP contribution < -0.4 is 10.5 Å². The molecule has 0 saturated carbocycles. The summed E-state index contributed by atoms with van der Waals surface area (Å²) in [7, 11) is 0. The Balaban J connectivity index is 2.26. The van der Waals surface area contributed by atoms with Crippen LogP contribution in [0.25, 0.3) is 0 Å². The zero-order chi connectivity index (χ0) is 14.0. The van der Waals surface area contributed by atoms with Gasteiger partial charge in [0.05, 0.1) is 0 Å². The average molecular weight is 276 g/mol. The molecule has 3 heteroatoms. The first-order valence-corrected chi connectivity index (χ1v) is 6.65. The second-order valence-corrected chi connectivity index (χ2v) is 5.26. The summed E-state index contributed by atoms with van der Waals surface area (Å²) in [5.41, 5.74) is 8.98. The maximum Gasteiger partial charge on any atom is 0.133 e. The van der Waals surface area contributed by atoms with Gasteiger partial charge in [-0.2, -0.15) is 0 Å². The van der Waals surface area contributed by atoms with Gasteiger partial charge in [0.15, 0.2) is 0 Å². The van der Waals surface area contributed by atoms with Crippen molar-refractivity contribution in [1.82, 2.24) is 0 Å². The molecule has 0 fully saturated rings. The predicted molar refractivity (Wildman–Crippen MR) is 80.0 cm³/mol. The largest absolute Gasteiger partial charge is 0.457 e. The molecule has 19 heavy (non-hydrogen) atoms. The molecule has 0 radical (unpaired) electrons. The molecule has 0 bridgehead atoms. The lowest BCUT2D eigenvalue weighted by Crippen LogP contribution is -2.04. The van der Waals surface area contributed by atoms with E-state index in [1.54, 1.807) is 0 Å². The highest BCUT2D eigenvalue weighted by atomic mass is 35.5. The Morgan fingerprint density at radius 1 is 1.05 bits per heavy atom. The van der Waals surface area contributed by atoms with Crippen molar-refractivity contribution < 1.29 is 4.74 Å². The fourth-order valence-corrected chi connectivity index (χ4v) is 2.34. The highest BCUT2D eigenvalue weighted by Gasteiger charge is 2.07. The summed E-state index contributed by atoms with van der Waals surface area (Å²) in [6.07, 6.45) is 0. The minimum Gasteiger partial charge on any atom is -0.457 e. The normalized spacial score (nSPS) is 12.3. The zero-order valence-electron chi connectivity index (χ0n) is 11.4. The van der Waals surface area contributed by atoms with Crippen LogP contribution >= 0.6 is 11.6 Å². The molecule has 0 spiro atoms. The molecule has 0 amide bonds. The number of ether oxygens (including phenoxy) is 1. The Labute approximate surface area is 119 Å². The first-order valence-electron chi connectivity index (χ1n) is 6.27. The zero-order valence-corrected chi connectivity index (χ0v) is 12.2. The van der Waals surface area contributed by atoms with Gasteiger partial charge in [0.1, 0.15) is 11.5 Å². The summed E-state index contributed by atoms with van der Waals surface area (Å²) in [5.74, 6) is 1.66. The number of halogens is 1. The minimum atomic E-state index is 0.0352. The van der Waals surface area contributed by atoms with Crippen LogP contribution in [0.2, 0.25) is 5.02 Å². The van der Waals surface area contributed by atoms with Gasteiger partial charge in [0, 0.05) is 11.1 Å². The average Bonchev–Trinajstić information content (AvgIpc) is 2.34. The Kier molecular flexibility index (Phi) is 4.13. The van der Waals surface area contributed by atoms with Crippen molar-refractivity contribution in [3.8, 4) is 11.5 Å². The summed E-state index contributed by atoms with van der Waals surface area (Å²) in [6.45, 7) is 5.94. The van der Waals surface area contributed by atoms with Crippen molar-refractivity contribution in [1.29, 1.82) is 0 Å². The highest BCUT2D eigenvalue weighted by Crippen LogP contribution is 2.31. The Morgan fingerprint density at radius 3 is 2.05 bits per heavy atom. The van der Waals surface area contributed by atoms with Crippen LogP contribution in [0, 0.1) is 13.8 Å². The Morgan fingerprint density at radius 2 is 1.58 bits per heavy atom. The molecule has 100 valence electrons. The second kappa shape index (κ2) is 5.64. The monoisotopic (exact) mass is 275 g/mol. The predicted octanol–water partition coefficient (Wildman–Crippen LogP) is 4.77. The molecular formula is C16H18ClNO. The van der Waals surface area contributed by atoms with E-state index < -0.39 is 0 Å². The van der Waals surface area contributed by atoms with E-state index in [2.05, 4.69) is 0 Å². The van der Waals surface area contributed by atoms with Gasteiger partial charge >= 0.3 is 0 Å². The lowest BCUT2D eigenvalue weighted by molar-refractivity contribution is 0.475. The lowest BCUT2D eigenvalue weighted by atomic mass is 10.1. The fourth-order valence-electron chi connectivity index (χ4n) is 2.02. The van der Waals surface area contributed by atoms with Gasteiger partial charge in [-0.1, -0.05) is 23.7 Å². The number of rotatable bonds is 3. The first-order chi connectivity index (χ1) is 8.97. The smallest absolute Gasteiger partial charge is 0.133 e. The van der Waals surface area contributed by atoms with E-state index in [-0.39, 0.29) is 6.04 Å². The summed E-state index contributed by atoms with van der Waals surface area (Å²) < 4.78 is 5.93. The number of hydrogen-bond acceptors (Lipinski definition) is 2. The lowest BCUT2D eigenvalue weighted by Gasteiger charge is -2.13. The van der Waals surface area contributed by atoms with E-state index in [4.69, 9.17) is 22.1 Å². The second-order valence-electron chi connectivity index (χ2n) is 4.83. The molecule has 1 atom stereocenters. The van der Waals surface area contributed by atoms with Crippen LogP contribution in [0.5, 0.6) is 11.5 Å². The number of nitrogens with two attached hydrogens (primary N) is 1. The van der Waals surface area contributed by atoms with E-state index >= 15 is 0 Å². The van der Waals surface area contributed by atoms with Crippen LogP contribution in [-0.4, -0.2) is 0 Å². The van der Waals surface area contributed by atoms with Crippen molar-refractivity contribution in [2.45, 2.75) is 26.8 Å². The van der Waals surface area contributed by atoms with Gasteiger partial charge in [-0.05, 0) is 61.7 Å². The SMILES string of the molecule is Cc1cc(Cl)cc(C)c1Oc1ccc(C(C)N)cc1. The maximum absolute atomic E-state index is 6.01. The third kappa shape index (κ3) is 3.28. The molecule has 0 aliphatic carbocycles. The van der Waals surface area contributed by atoms with Gasteiger partial charge in [0.25, 0.3) is 0 Å². The molecule has 0 aliphatic heterocycles. The number of aryl methyl sites for hydroxylation is 2. The van der Waals surface area contributed by atoms with Crippen LogP contribution in [0.3, 0.4) is 0 Å². The van der Waals surface area contributed by atoms with Gasteiger partial charge in [-0.15, -0.1) is 0 Å². The van der Waals surface area contributed by atoms with E-state index in [0.717, 1.165) is 33.2 Å². The quantitative estimate of drug-likeness (QED) is 0.876. The van der Waals surface area contributed by atoms with E-state index in [1.165, 1.54) is 0 Å². The van der Waals surface area contributed by atoms with Gasteiger partial charge in [-0.25, -0.2) is 0 Å². The first kappa shape index (κ1) is 13.9. The van der Waals surface area contributed by atoms with E-state index in [9.17, 15) is 0 Å².